The lowest BCUT2D eigenvalue weighted by Gasteiger charge is -2.29. The van der Waals surface area contributed by atoms with Gasteiger partial charge in [-0.2, -0.15) is 0 Å². The first-order chi connectivity index (χ1) is 6.83. The number of nitrogens with one attached hydrogen (secondary N) is 1. The lowest BCUT2D eigenvalue weighted by molar-refractivity contribution is 0.727. The van der Waals surface area contributed by atoms with E-state index in [2.05, 4.69) is 35.5 Å². The van der Waals surface area contributed by atoms with Crippen LogP contribution < -0.4 is 10.2 Å². The Bertz CT molecular complexity index is 320. The van der Waals surface area contributed by atoms with Gasteiger partial charge in [-0.05, 0) is 31.0 Å². The molecule has 0 fully saturated rings. The fourth-order valence-corrected chi connectivity index (χ4v) is 2.29. The molecule has 2 heteroatoms. The zero-order valence-electron chi connectivity index (χ0n) is 9.01. The Morgan fingerprint density at radius 1 is 1.43 bits per heavy atom. The molecule has 0 spiro atoms. The van der Waals surface area contributed by atoms with Crippen molar-refractivity contribution in [2.45, 2.75) is 19.4 Å². The first-order valence-electron chi connectivity index (χ1n) is 5.29. The monoisotopic (exact) mass is 190 g/mol. The molecule has 1 aromatic carbocycles. The van der Waals surface area contributed by atoms with E-state index in [0.717, 1.165) is 6.54 Å². The summed E-state index contributed by atoms with van der Waals surface area (Å²) in [6.45, 7) is 2.15. The molecule has 1 heterocycles. The fraction of sp³-hybridized carbons (Fsp3) is 0.500. The molecule has 14 heavy (non-hydrogen) atoms. The summed E-state index contributed by atoms with van der Waals surface area (Å²) in [4.78, 5) is 2.38. The third-order valence-electron chi connectivity index (χ3n) is 2.89. The van der Waals surface area contributed by atoms with Crippen LogP contribution in [0.15, 0.2) is 18.2 Å². The smallest absolute Gasteiger partial charge is 0.0441 e. The first kappa shape index (κ1) is 9.53. The summed E-state index contributed by atoms with van der Waals surface area (Å²) in [6.07, 6.45) is 2.52. The lowest BCUT2D eigenvalue weighted by atomic mass is 9.98. The van der Waals surface area contributed by atoms with Crippen molar-refractivity contribution in [1.29, 1.82) is 0 Å². The normalized spacial score (nSPS) is 15.4. The number of benzene rings is 1. The van der Waals surface area contributed by atoms with E-state index in [4.69, 9.17) is 0 Å². The van der Waals surface area contributed by atoms with Crippen molar-refractivity contribution in [3.63, 3.8) is 0 Å². The van der Waals surface area contributed by atoms with Gasteiger partial charge < -0.3 is 10.2 Å². The van der Waals surface area contributed by atoms with Crippen LogP contribution >= 0.6 is 0 Å². The second-order valence-electron chi connectivity index (χ2n) is 3.98. The van der Waals surface area contributed by atoms with Gasteiger partial charge in [0.2, 0.25) is 0 Å². The van der Waals surface area contributed by atoms with Gasteiger partial charge in [0.05, 0.1) is 0 Å². The maximum atomic E-state index is 3.23. The molecule has 0 radical (unpaired) electrons. The van der Waals surface area contributed by atoms with E-state index >= 15 is 0 Å². The largest absolute Gasteiger partial charge is 0.374 e. The van der Waals surface area contributed by atoms with E-state index in [1.54, 1.807) is 0 Å². The van der Waals surface area contributed by atoms with Gasteiger partial charge >= 0.3 is 0 Å². The summed E-state index contributed by atoms with van der Waals surface area (Å²) in [7, 11) is 4.19. The molecule has 2 nitrogen and oxygen atoms in total. The minimum atomic E-state index is 0.966. The van der Waals surface area contributed by atoms with E-state index in [9.17, 15) is 0 Å². The van der Waals surface area contributed by atoms with Gasteiger partial charge in [-0.1, -0.05) is 18.2 Å². The van der Waals surface area contributed by atoms with Crippen LogP contribution in [0.25, 0.3) is 0 Å². The second kappa shape index (κ2) is 4.01. The number of anilines is 1. The molecule has 1 aliphatic heterocycles. The number of hydrogen-bond acceptors (Lipinski definition) is 2. The van der Waals surface area contributed by atoms with Gasteiger partial charge in [0.15, 0.2) is 0 Å². The van der Waals surface area contributed by atoms with Crippen LogP contribution in [0.4, 0.5) is 5.69 Å². The van der Waals surface area contributed by atoms with Crippen molar-refractivity contribution in [3.8, 4) is 0 Å². The minimum absolute atomic E-state index is 0.966. The molecule has 0 amide bonds. The van der Waals surface area contributed by atoms with Gasteiger partial charge in [0.25, 0.3) is 0 Å². The molecule has 0 aromatic heterocycles. The molecular formula is C12H18N2. The van der Waals surface area contributed by atoms with Gasteiger partial charge in [0, 0.05) is 25.8 Å². The average molecular weight is 190 g/mol. The molecule has 2 rings (SSSR count). The molecule has 1 aliphatic rings. The zero-order chi connectivity index (χ0) is 9.97. The van der Waals surface area contributed by atoms with Crippen LogP contribution in [-0.2, 0) is 13.0 Å². The Labute approximate surface area is 85.9 Å². The van der Waals surface area contributed by atoms with E-state index in [1.165, 1.54) is 36.2 Å². The Balaban J connectivity index is 2.41. The number of nitrogens with zero attached hydrogens (tertiary/aromatic N) is 1. The van der Waals surface area contributed by atoms with Crippen molar-refractivity contribution < 1.29 is 0 Å². The molecule has 0 atom stereocenters. The number of hydrogen-bond donors (Lipinski definition) is 1. The van der Waals surface area contributed by atoms with Gasteiger partial charge in [-0.3, -0.25) is 0 Å². The molecule has 76 valence electrons. The maximum Gasteiger partial charge on any atom is 0.0441 e. The molecule has 0 bridgehead atoms. The van der Waals surface area contributed by atoms with Gasteiger partial charge in [-0.15, -0.1) is 0 Å². The molecule has 1 aromatic rings. The van der Waals surface area contributed by atoms with Crippen LogP contribution in [0.5, 0.6) is 0 Å². The molecule has 0 aliphatic carbocycles. The first-order valence-corrected chi connectivity index (χ1v) is 5.29. The third kappa shape index (κ3) is 1.62. The summed E-state index contributed by atoms with van der Waals surface area (Å²) in [6, 6.07) is 6.64. The van der Waals surface area contributed by atoms with Crippen LogP contribution in [0, 0.1) is 0 Å². The molecule has 1 N–H and O–H groups in total. The Morgan fingerprint density at radius 3 is 3.07 bits per heavy atom. The van der Waals surface area contributed by atoms with E-state index < -0.39 is 0 Å². The highest BCUT2D eigenvalue weighted by Crippen LogP contribution is 2.29. The van der Waals surface area contributed by atoms with Crippen LogP contribution in [0.3, 0.4) is 0 Å². The fourth-order valence-electron chi connectivity index (χ4n) is 2.29. The van der Waals surface area contributed by atoms with Crippen molar-refractivity contribution in [1.82, 2.24) is 5.32 Å². The summed E-state index contributed by atoms with van der Waals surface area (Å²) in [5.74, 6) is 0. The van der Waals surface area contributed by atoms with E-state index in [0.29, 0.717) is 0 Å². The quantitative estimate of drug-likeness (QED) is 0.765. The topological polar surface area (TPSA) is 15.3 Å². The third-order valence-corrected chi connectivity index (χ3v) is 2.89. The molecule has 0 unspecified atom stereocenters. The highest BCUT2D eigenvalue weighted by molar-refractivity contribution is 5.60. The van der Waals surface area contributed by atoms with Gasteiger partial charge in [0.1, 0.15) is 0 Å². The lowest BCUT2D eigenvalue weighted by Crippen LogP contribution is -2.26. The SMILES string of the molecule is CNCc1cccc2c1N(C)CCC2. The Morgan fingerprint density at radius 2 is 2.29 bits per heavy atom. The van der Waals surface area contributed by atoms with Crippen molar-refractivity contribution in [2.24, 2.45) is 0 Å². The van der Waals surface area contributed by atoms with Crippen LogP contribution in [0.1, 0.15) is 17.5 Å². The van der Waals surface area contributed by atoms with E-state index in [1.807, 2.05) is 7.05 Å². The van der Waals surface area contributed by atoms with Crippen molar-refractivity contribution in [3.05, 3.63) is 29.3 Å². The van der Waals surface area contributed by atoms with Crippen molar-refractivity contribution in [2.75, 3.05) is 25.5 Å². The standard InChI is InChI=1S/C12H18N2/c1-13-9-11-6-3-5-10-7-4-8-14(2)12(10)11/h3,5-6,13H,4,7-9H2,1-2H3. The van der Waals surface area contributed by atoms with Gasteiger partial charge in [-0.25, -0.2) is 0 Å². The van der Waals surface area contributed by atoms with Crippen molar-refractivity contribution >= 4 is 5.69 Å². The van der Waals surface area contributed by atoms with Crippen LogP contribution in [-0.4, -0.2) is 20.6 Å². The number of rotatable bonds is 2. The summed E-state index contributed by atoms with van der Waals surface area (Å²) < 4.78 is 0. The highest BCUT2D eigenvalue weighted by Gasteiger charge is 2.16. The number of para-hydroxylation sites is 1. The Hall–Kier alpha value is -1.02. The molecule has 0 saturated carbocycles. The molecule has 0 saturated heterocycles. The Kier molecular flexibility index (Phi) is 2.73. The highest BCUT2D eigenvalue weighted by atomic mass is 15.1. The summed E-state index contributed by atoms with van der Waals surface area (Å²) >= 11 is 0. The summed E-state index contributed by atoms with van der Waals surface area (Å²) in [5.41, 5.74) is 4.38. The predicted molar refractivity (Wildman–Crippen MR) is 60.8 cm³/mol. The maximum absolute atomic E-state index is 3.23. The minimum Gasteiger partial charge on any atom is -0.374 e. The van der Waals surface area contributed by atoms with E-state index in [-0.39, 0.29) is 0 Å². The predicted octanol–water partition coefficient (Wildman–Crippen LogP) is 1.79. The summed E-state index contributed by atoms with van der Waals surface area (Å²) in [5, 5.41) is 3.23. The molecular weight excluding hydrogens is 172 g/mol. The zero-order valence-corrected chi connectivity index (χ0v) is 9.01. The number of fused-ring (bicyclic) bond motifs is 1. The average Bonchev–Trinajstić information content (AvgIpc) is 2.19. The second-order valence-corrected chi connectivity index (χ2v) is 3.98. The number of aryl methyl sites for hydroxylation is 1. The van der Waals surface area contributed by atoms with Crippen LogP contribution in [0.2, 0.25) is 0 Å².